The zero-order valence-electron chi connectivity index (χ0n) is 78.2. The molecule has 0 aliphatic heterocycles. The molecule has 0 aromatic heterocycles. The van der Waals surface area contributed by atoms with Crippen LogP contribution in [0.2, 0.25) is 0 Å². The summed E-state index contributed by atoms with van der Waals surface area (Å²) in [6.07, 6.45) is 80.8. The van der Waals surface area contributed by atoms with Crippen molar-refractivity contribution in [2.75, 3.05) is 39.5 Å². The molecule has 2 N–H and O–H groups in total. The van der Waals surface area contributed by atoms with Crippen molar-refractivity contribution in [1.82, 2.24) is 10.6 Å². The number of ether oxygens (including phenoxy) is 5. The van der Waals surface area contributed by atoms with Gasteiger partial charge in [-0.3, -0.25) is 28.8 Å². The van der Waals surface area contributed by atoms with Crippen molar-refractivity contribution in [2.45, 2.75) is 510 Å². The Morgan fingerprint density at radius 2 is 0.644 bits per heavy atom. The predicted molar refractivity (Wildman–Crippen MR) is 495 cm³/mol. The first kappa shape index (κ1) is 112. The number of carbonyl (C=O) groups excluding carboxylic acids is 7. The summed E-state index contributed by atoms with van der Waals surface area (Å²) in [7, 11) is 0. The van der Waals surface area contributed by atoms with Gasteiger partial charge in [0.1, 0.15) is 19.3 Å². The number of Topliss-reactive ketones (excluding diaryl/α,β-unsaturated/α-hetero) is 2. The maximum Gasteiger partial charge on any atom is 0.330 e. The van der Waals surface area contributed by atoms with Crippen LogP contribution in [0.3, 0.4) is 0 Å². The SMILES string of the molecule is C=CC(=O)OCCOC(=O)CCCCCOC(=O)CCCCCOC(=O)CCCCCCCCC(CCCCCCCC)C(CCCCCCCC)CCCCCCCCC(=O)C(C)(CC)NCCNC(=O)CCCCCCCCC(CCCCCCCC)C(CCCCCCCC)CCCCCCCCC(=O)C(C)OCc1ccccc1. The minimum atomic E-state index is -0.566. The molecule has 0 saturated carbocycles. The number of hydrogen-bond donors (Lipinski definition) is 2. The van der Waals surface area contributed by atoms with E-state index in [-0.39, 0.29) is 55.3 Å². The summed E-state index contributed by atoms with van der Waals surface area (Å²) < 4.78 is 26.6. The summed E-state index contributed by atoms with van der Waals surface area (Å²) in [4.78, 5) is 87.1. The highest BCUT2D eigenvalue weighted by atomic mass is 16.6. The molecule has 0 saturated heterocycles. The summed E-state index contributed by atoms with van der Waals surface area (Å²) in [5.41, 5.74) is 0.546. The van der Waals surface area contributed by atoms with Gasteiger partial charge in [-0.25, -0.2) is 4.79 Å². The highest BCUT2D eigenvalue weighted by Gasteiger charge is 2.30. The van der Waals surface area contributed by atoms with Gasteiger partial charge in [0.05, 0.1) is 25.4 Å². The molecule has 14 nitrogen and oxygen atoms in total. The number of benzene rings is 1. The molecular weight excluding hydrogens is 1470 g/mol. The Bertz CT molecular complexity index is 2490. The number of hydrogen-bond acceptors (Lipinski definition) is 13. The van der Waals surface area contributed by atoms with Gasteiger partial charge in [-0.2, -0.15) is 0 Å². The minimum absolute atomic E-state index is 0.0000385. The molecule has 6 unspecified atom stereocenters. The van der Waals surface area contributed by atoms with Crippen LogP contribution in [0.15, 0.2) is 43.0 Å². The van der Waals surface area contributed by atoms with E-state index in [1.807, 2.05) is 37.3 Å². The third-order valence-corrected chi connectivity index (χ3v) is 25.4. The Labute approximate surface area is 726 Å². The van der Waals surface area contributed by atoms with Crippen LogP contribution in [0.25, 0.3) is 0 Å². The second-order valence-electron chi connectivity index (χ2n) is 35.9. The van der Waals surface area contributed by atoms with Crippen LogP contribution in [-0.2, 0) is 63.9 Å². The molecule has 14 heteroatoms. The van der Waals surface area contributed by atoms with Gasteiger partial charge in [-0.05, 0) is 114 Å². The second-order valence-corrected chi connectivity index (χ2v) is 35.9. The molecule has 118 heavy (non-hydrogen) atoms. The molecule has 686 valence electrons. The highest BCUT2D eigenvalue weighted by molar-refractivity contribution is 5.88. The van der Waals surface area contributed by atoms with Gasteiger partial charge < -0.3 is 34.3 Å². The molecule has 1 aromatic carbocycles. The van der Waals surface area contributed by atoms with E-state index in [0.29, 0.717) is 90.1 Å². The van der Waals surface area contributed by atoms with Crippen LogP contribution in [-0.4, -0.2) is 92.5 Å². The van der Waals surface area contributed by atoms with E-state index in [0.717, 1.165) is 119 Å². The Balaban J connectivity index is 2.50. The summed E-state index contributed by atoms with van der Waals surface area (Å²) >= 11 is 0. The van der Waals surface area contributed by atoms with Gasteiger partial charge in [-0.1, -0.05) is 405 Å². The van der Waals surface area contributed by atoms with Crippen molar-refractivity contribution >= 4 is 41.4 Å². The van der Waals surface area contributed by atoms with Crippen LogP contribution in [0.4, 0.5) is 0 Å². The average molecular weight is 1660 g/mol. The Hall–Kier alpha value is -4.43. The molecule has 6 atom stereocenters. The number of unbranched alkanes of at least 4 members (excludes halogenated alkanes) is 44. The van der Waals surface area contributed by atoms with Crippen LogP contribution in [0.5, 0.6) is 0 Å². The topological polar surface area (TPSA) is 190 Å². The van der Waals surface area contributed by atoms with Gasteiger partial charge in [0.25, 0.3) is 0 Å². The standard InChI is InChI=1S/C104H188N2O12/c1-9-15-19-23-35-52-70-93(74-56-39-27-31-43-60-78-97(107)91(7)118-90-92-68-50-47-51-69-92)95(72-54-37-25-21-17-11-3)76-58-41-29-33-45-62-80-99(109)105-84-85-106-104(8,14-6)98(108)79-61-44-32-28-40-57-75-94(71-53-36-24-20-16-10-2)96(73-55-38-26-22-18-12-4)77-59-42-30-34-46-63-81-101(111)114-86-66-48-64-82-102(112)115-87-67-49-65-83-103(113)117-89-88-116-100(110)13-5/h13,47,50-51,68-69,91,93-96,106H,5,9-12,14-46,48-49,52-67,70-90H2,1-4,6-8H3,(H,105,109). The molecule has 1 amide bonds. The van der Waals surface area contributed by atoms with E-state index in [1.54, 1.807) is 0 Å². The largest absolute Gasteiger partial charge is 0.466 e. The lowest BCUT2D eigenvalue weighted by molar-refractivity contribution is -0.149. The summed E-state index contributed by atoms with van der Waals surface area (Å²) in [5, 5.41) is 6.73. The fourth-order valence-corrected chi connectivity index (χ4v) is 17.3. The van der Waals surface area contributed by atoms with Crippen molar-refractivity contribution in [3.05, 3.63) is 48.6 Å². The molecule has 1 rings (SSSR count). The van der Waals surface area contributed by atoms with Crippen molar-refractivity contribution in [1.29, 1.82) is 0 Å². The van der Waals surface area contributed by atoms with E-state index in [9.17, 15) is 33.6 Å². The molecule has 0 radical (unpaired) electrons. The molecule has 0 fully saturated rings. The summed E-state index contributed by atoms with van der Waals surface area (Å²) in [5.74, 6) is 2.75. The van der Waals surface area contributed by atoms with Crippen LogP contribution in [0, 0.1) is 23.7 Å². The predicted octanol–water partition coefficient (Wildman–Crippen LogP) is 29.0. The zero-order valence-corrected chi connectivity index (χ0v) is 78.2. The molecule has 0 bridgehead atoms. The number of amides is 1. The number of ketones is 2. The average Bonchev–Trinajstić information content (AvgIpc) is 0.866. The number of rotatable bonds is 92. The maximum absolute atomic E-state index is 13.7. The monoisotopic (exact) mass is 1660 g/mol. The smallest absolute Gasteiger partial charge is 0.330 e. The van der Waals surface area contributed by atoms with Crippen LogP contribution < -0.4 is 10.6 Å². The molecule has 0 aliphatic rings. The van der Waals surface area contributed by atoms with Gasteiger partial charge >= 0.3 is 23.9 Å². The van der Waals surface area contributed by atoms with E-state index in [1.165, 1.54) is 302 Å². The molecule has 1 aromatic rings. The van der Waals surface area contributed by atoms with Crippen molar-refractivity contribution in [3.63, 3.8) is 0 Å². The lowest BCUT2D eigenvalue weighted by Crippen LogP contribution is -2.51. The van der Waals surface area contributed by atoms with Gasteiger partial charge in [0.15, 0.2) is 11.6 Å². The van der Waals surface area contributed by atoms with E-state index in [4.69, 9.17) is 23.7 Å². The van der Waals surface area contributed by atoms with E-state index < -0.39 is 11.5 Å². The normalized spacial score (nSPS) is 13.3. The van der Waals surface area contributed by atoms with E-state index >= 15 is 0 Å². The van der Waals surface area contributed by atoms with Crippen molar-refractivity contribution in [3.8, 4) is 0 Å². The fourth-order valence-electron chi connectivity index (χ4n) is 17.3. The Kier molecular flexibility index (Phi) is 78.9. The number of nitrogens with one attached hydrogen (secondary N) is 2. The lowest BCUT2D eigenvalue weighted by atomic mass is 9.78. The Morgan fingerprint density at radius 1 is 0.347 bits per heavy atom. The second kappa shape index (κ2) is 83.5. The third-order valence-electron chi connectivity index (χ3n) is 25.4. The van der Waals surface area contributed by atoms with Crippen LogP contribution in [0.1, 0.15) is 497 Å². The minimum Gasteiger partial charge on any atom is -0.466 e. The quantitative estimate of drug-likeness (QED) is 0.0271. The summed E-state index contributed by atoms with van der Waals surface area (Å²) in [6, 6.07) is 10.1. The van der Waals surface area contributed by atoms with Gasteiger partial charge in [0.2, 0.25) is 5.91 Å². The molecular formula is C104H188N2O12. The molecule has 0 heterocycles. The van der Waals surface area contributed by atoms with Gasteiger partial charge in [0, 0.05) is 57.7 Å². The van der Waals surface area contributed by atoms with Crippen molar-refractivity contribution < 1.29 is 57.2 Å². The molecule has 0 aliphatic carbocycles. The zero-order chi connectivity index (χ0) is 85.9. The van der Waals surface area contributed by atoms with Crippen molar-refractivity contribution in [2.24, 2.45) is 23.7 Å². The van der Waals surface area contributed by atoms with Crippen LogP contribution >= 0.6 is 0 Å². The Morgan fingerprint density at radius 3 is 0.992 bits per heavy atom. The molecule has 0 spiro atoms. The third kappa shape index (κ3) is 69.0. The first-order valence-corrected chi connectivity index (χ1v) is 50.7. The summed E-state index contributed by atoms with van der Waals surface area (Å²) in [6.45, 7) is 21.0. The van der Waals surface area contributed by atoms with Gasteiger partial charge in [-0.15, -0.1) is 0 Å². The number of esters is 4. The first-order valence-electron chi connectivity index (χ1n) is 50.7. The fraction of sp³-hybridized carbons (Fsp3) is 0.856. The maximum atomic E-state index is 13.7. The highest BCUT2D eigenvalue weighted by Crippen LogP contribution is 2.36. The first-order chi connectivity index (χ1) is 57.7. The number of carbonyl (C=O) groups is 7. The van der Waals surface area contributed by atoms with E-state index in [2.05, 4.69) is 58.8 Å². The lowest BCUT2D eigenvalue weighted by Gasteiger charge is -2.28.